The Bertz CT molecular complexity index is 995. The highest BCUT2D eigenvalue weighted by atomic mass is 32.2. The van der Waals surface area contributed by atoms with E-state index in [9.17, 15) is 17.2 Å². The number of nitrogens with zero attached hydrogens (tertiary/aromatic N) is 3. The van der Waals surface area contributed by atoms with Crippen LogP contribution in [0.15, 0.2) is 41.5 Å². The van der Waals surface area contributed by atoms with E-state index in [1.165, 1.54) is 32.2 Å². The Balaban J connectivity index is 1.90. The first-order valence-corrected chi connectivity index (χ1v) is 9.68. The summed E-state index contributed by atoms with van der Waals surface area (Å²) in [6, 6.07) is 7.12. The molecule has 3 rings (SSSR count). The number of aliphatic imine (C=N–C) groups is 1. The van der Waals surface area contributed by atoms with Gasteiger partial charge in [0.05, 0.1) is 11.9 Å². The molecule has 0 aliphatic carbocycles. The standard InChI is InChI=1S/C17H19F2N5O2S/c1-17(10-27(25,26)24(2)16(20)23-17)13-7-11(3-5-14(13)19)8-21-15-6-4-12(18)9-22-15/h3-7,9H,8,10H2,1-2H3,(H2,20,23)(H,21,22)/t17-/m0/s1. The van der Waals surface area contributed by atoms with Gasteiger partial charge in [-0.3, -0.25) is 0 Å². The number of anilines is 1. The number of hydrogen-bond donors (Lipinski definition) is 2. The molecule has 3 N–H and O–H groups in total. The lowest BCUT2D eigenvalue weighted by Gasteiger charge is -2.34. The van der Waals surface area contributed by atoms with Gasteiger partial charge in [0.15, 0.2) is 0 Å². The van der Waals surface area contributed by atoms with Crippen LogP contribution in [-0.2, 0) is 22.1 Å². The van der Waals surface area contributed by atoms with Crippen LogP contribution in [-0.4, -0.2) is 36.5 Å². The van der Waals surface area contributed by atoms with E-state index in [0.717, 1.165) is 10.5 Å². The van der Waals surface area contributed by atoms with Gasteiger partial charge in [0.2, 0.25) is 16.0 Å². The number of hydrogen-bond acceptors (Lipinski definition) is 6. The van der Waals surface area contributed by atoms with Crippen molar-refractivity contribution >= 4 is 21.8 Å². The molecule has 0 unspecified atom stereocenters. The van der Waals surface area contributed by atoms with Crippen molar-refractivity contribution in [1.29, 1.82) is 0 Å². The number of halogens is 2. The fourth-order valence-corrected chi connectivity index (χ4v) is 4.31. The van der Waals surface area contributed by atoms with E-state index >= 15 is 0 Å². The van der Waals surface area contributed by atoms with Gasteiger partial charge in [0, 0.05) is 19.2 Å². The lowest BCUT2D eigenvalue weighted by Crippen LogP contribution is -2.50. The van der Waals surface area contributed by atoms with Crippen LogP contribution in [0, 0.1) is 11.6 Å². The van der Waals surface area contributed by atoms with E-state index in [0.29, 0.717) is 11.4 Å². The Kier molecular flexibility index (Phi) is 4.77. The van der Waals surface area contributed by atoms with Gasteiger partial charge < -0.3 is 11.1 Å². The first-order valence-electron chi connectivity index (χ1n) is 8.07. The number of rotatable bonds is 4. The largest absolute Gasteiger partial charge is 0.369 e. The van der Waals surface area contributed by atoms with Gasteiger partial charge in [-0.15, -0.1) is 0 Å². The Morgan fingerprint density at radius 1 is 1.30 bits per heavy atom. The fraction of sp³-hybridized carbons (Fsp3) is 0.294. The van der Waals surface area contributed by atoms with E-state index in [1.54, 1.807) is 12.1 Å². The summed E-state index contributed by atoms with van der Waals surface area (Å²) in [4.78, 5) is 8.11. The van der Waals surface area contributed by atoms with Crippen LogP contribution >= 0.6 is 0 Å². The average Bonchev–Trinajstić information content (AvgIpc) is 2.60. The summed E-state index contributed by atoms with van der Waals surface area (Å²) in [5, 5.41) is 3.00. The van der Waals surface area contributed by atoms with Crippen molar-refractivity contribution in [3.8, 4) is 0 Å². The van der Waals surface area contributed by atoms with Crippen LogP contribution in [0.25, 0.3) is 0 Å². The number of benzene rings is 1. The zero-order chi connectivity index (χ0) is 19.8. The normalized spacial score (nSPS) is 21.6. The summed E-state index contributed by atoms with van der Waals surface area (Å²) in [6.45, 7) is 1.81. The van der Waals surface area contributed by atoms with Crippen LogP contribution in [0.5, 0.6) is 0 Å². The van der Waals surface area contributed by atoms with Crippen LogP contribution in [0.3, 0.4) is 0 Å². The molecule has 0 saturated carbocycles. The molecule has 1 aliphatic heterocycles. The second-order valence-electron chi connectivity index (χ2n) is 6.50. The first-order chi connectivity index (χ1) is 12.6. The number of nitrogens with one attached hydrogen (secondary N) is 1. The third-order valence-corrected chi connectivity index (χ3v) is 6.33. The molecule has 2 heterocycles. The van der Waals surface area contributed by atoms with Gasteiger partial charge in [-0.05, 0) is 36.8 Å². The zero-order valence-corrected chi connectivity index (χ0v) is 15.6. The Morgan fingerprint density at radius 3 is 2.67 bits per heavy atom. The van der Waals surface area contributed by atoms with Gasteiger partial charge >= 0.3 is 0 Å². The molecule has 0 bridgehead atoms. The maximum absolute atomic E-state index is 14.5. The highest BCUT2D eigenvalue weighted by Gasteiger charge is 2.41. The number of sulfonamides is 1. The molecule has 1 aromatic heterocycles. The fourth-order valence-electron chi connectivity index (χ4n) is 2.86. The van der Waals surface area contributed by atoms with Gasteiger partial charge in [-0.1, -0.05) is 6.07 Å². The van der Waals surface area contributed by atoms with Crippen molar-refractivity contribution in [1.82, 2.24) is 9.29 Å². The third-order valence-electron chi connectivity index (χ3n) is 4.38. The van der Waals surface area contributed by atoms with Crippen LogP contribution < -0.4 is 11.1 Å². The summed E-state index contributed by atoms with van der Waals surface area (Å²) in [7, 11) is -2.40. The second-order valence-corrected chi connectivity index (χ2v) is 8.50. The summed E-state index contributed by atoms with van der Waals surface area (Å²) < 4.78 is 52.9. The van der Waals surface area contributed by atoms with E-state index in [4.69, 9.17) is 5.73 Å². The molecule has 0 saturated heterocycles. The lowest BCUT2D eigenvalue weighted by atomic mass is 9.92. The van der Waals surface area contributed by atoms with Gasteiger partial charge in [-0.25, -0.2) is 31.5 Å². The minimum absolute atomic E-state index is 0.133. The number of aromatic nitrogens is 1. The van der Waals surface area contributed by atoms with Gasteiger partial charge in [0.25, 0.3) is 0 Å². The number of pyridine rings is 1. The molecule has 144 valence electrons. The summed E-state index contributed by atoms with van der Waals surface area (Å²) in [5.74, 6) is -1.15. The summed E-state index contributed by atoms with van der Waals surface area (Å²) in [6.07, 6.45) is 1.08. The molecule has 1 aromatic carbocycles. The van der Waals surface area contributed by atoms with E-state index in [2.05, 4.69) is 15.3 Å². The summed E-state index contributed by atoms with van der Waals surface area (Å²) >= 11 is 0. The number of nitrogens with two attached hydrogens (primary N) is 1. The topological polar surface area (TPSA) is 101 Å². The van der Waals surface area contributed by atoms with Crippen LogP contribution in [0.4, 0.5) is 14.6 Å². The smallest absolute Gasteiger partial charge is 0.239 e. The van der Waals surface area contributed by atoms with Crippen molar-refractivity contribution in [2.75, 3.05) is 18.1 Å². The van der Waals surface area contributed by atoms with Crippen molar-refractivity contribution in [3.63, 3.8) is 0 Å². The van der Waals surface area contributed by atoms with E-state index < -0.39 is 32.9 Å². The Labute approximate surface area is 156 Å². The SMILES string of the molecule is CN1C(N)=N[C@](C)(c2cc(CNc3ccc(F)cn3)ccc2F)CS1(=O)=O. The number of guanidine groups is 1. The maximum Gasteiger partial charge on any atom is 0.239 e. The van der Waals surface area contributed by atoms with Crippen molar-refractivity contribution in [3.05, 3.63) is 59.3 Å². The quantitative estimate of drug-likeness (QED) is 0.822. The molecule has 0 spiro atoms. The average molecular weight is 395 g/mol. The van der Waals surface area contributed by atoms with Crippen LogP contribution in [0.1, 0.15) is 18.1 Å². The molecule has 0 amide bonds. The predicted molar refractivity (Wildman–Crippen MR) is 98.4 cm³/mol. The summed E-state index contributed by atoms with van der Waals surface area (Å²) in [5.41, 5.74) is 5.20. The Morgan fingerprint density at radius 2 is 2.04 bits per heavy atom. The van der Waals surface area contributed by atoms with Crippen molar-refractivity contribution < 1.29 is 17.2 Å². The zero-order valence-electron chi connectivity index (χ0n) is 14.8. The molecule has 10 heteroatoms. The molecule has 7 nitrogen and oxygen atoms in total. The molecule has 0 radical (unpaired) electrons. The molecule has 2 aromatic rings. The molecule has 1 aliphatic rings. The van der Waals surface area contributed by atoms with Gasteiger partial charge in [-0.2, -0.15) is 0 Å². The van der Waals surface area contributed by atoms with Gasteiger partial charge in [0.1, 0.15) is 23.0 Å². The monoisotopic (exact) mass is 395 g/mol. The minimum Gasteiger partial charge on any atom is -0.369 e. The van der Waals surface area contributed by atoms with Crippen molar-refractivity contribution in [2.24, 2.45) is 10.7 Å². The lowest BCUT2D eigenvalue weighted by molar-refractivity contribution is 0.457. The molecule has 0 fully saturated rings. The Hall–Kier alpha value is -2.75. The highest BCUT2D eigenvalue weighted by Crippen LogP contribution is 2.34. The maximum atomic E-state index is 14.5. The van der Waals surface area contributed by atoms with E-state index in [-0.39, 0.29) is 18.1 Å². The molecular formula is C17H19F2N5O2S. The third kappa shape index (κ3) is 3.85. The first kappa shape index (κ1) is 19.0. The molecule has 1 atom stereocenters. The van der Waals surface area contributed by atoms with Crippen molar-refractivity contribution in [2.45, 2.75) is 19.0 Å². The molecule has 27 heavy (non-hydrogen) atoms. The highest BCUT2D eigenvalue weighted by molar-refractivity contribution is 7.89. The second kappa shape index (κ2) is 6.76. The predicted octanol–water partition coefficient (Wildman–Crippen LogP) is 1.78. The molecular weight excluding hydrogens is 376 g/mol. The minimum atomic E-state index is -3.71. The van der Waals surface area contributed by atoms with E-state index in [1.807, 2.05) is 0 Å². The van der Waals surface area contributed by atoms with Crippen LogP contribution in [0.2, 0.25) is 0 Å².